The molecule has 4 aromatic rings. The van der Waals surface area contributed by atoms with Crippen LogP contribution in [0.1, 0.15) is 5.56 Å². The smallest absolute Gasteiger partial charge is 0.408 e. The first kappa shape index (κ1) is 23.1. The Morgan fingerprint density at radius 2 is 1.71 bits per heavy atom. The number of piperazine rings is 1. The van der Waals surface area contributed by atoms with E-state index >= 15 is 0 Å². The predicted octanol–water partition coefficient (Wildman–Crippen LogP) is 2.47. The number of benzene rings is 2. The fraction of sp³-hybridized carbons (Fsp3) is 0.250. The van der Waals surface area contributed by atoms with Crippen LogP contribution in [0.2, 0.25) is 0 Å². The minimum atomic E-state index is -3.82. The minimum Gasteiger partial charge on any atom is -0.408 e. The highest BCUT2D eigenvalue weighted by molar-refractivity contribution is 7.89. The Balaban J connectivity index is 1.24. The van der Waals surface area contributed by atoms with Crippen LogP contribution in [0.15, 0.2) is 74.9 Å². The molecule has 2 aromatic carbocycles. The quantitative estimate of drug-likeness (QED) is 0.437. The Labute approximate surface area is 201 Å². The van der Waals surface area contributed by atoms with Gasteiger partial charge in [0.25, 0.3) is 0 Å². The van der Waals surface area contributed by atoms with Gasteiger partial charge in [-0.15, -0.1) is 0 Å². The third kappa shape index (κ3) is 4.77. The molecule has 0 radical (unpaired) electrons. The molecular formula is C24H24FN5O4S. The van der Waals surface area contributed by atoms with E-state index in [4.69, 9.17) is 4.42 Å². The Bertz CT molecular complexity index is 1520. The number of anilines is 2. The molecule has 11 heteroatoms. The third-order valence-electron chi connectivity index (χ3n) is 6.15. The summed E-state index contributed by atoms with van der Waals surface area (Å²) in [5, 5.41) is 0. The summed E-state index contributed by atoms with van der Waals surface area (Å²) >= 11 is 0. The van der Waals surface area contributed by atoms with E-state index in [1.807, 2.05) is 6.07 Å². The van der Waals surface area contributed by atoms with E-state index in [9.17, 15) is 17.6 Å². The Hall–Kier alpha value is -3.70. The Morgan fingerprint density at radius 3 is 2.46 bits per heavy atom. The van der Waals surface area contributed by atoms with Crippen LogP contribution in [0.4, 0.5) is 15.9 Å². The first-order valence-electron chi connectivity index (χ1n) is 11.1. The van der Waals surface area contributed by atoms with Crippen molar-refractivity contribution in [3.05, 3.63) is 82.7 Å². The van der Waals surface area contributed by atoms with Gasteiger partial charge in [-0.2, -0.15) is 0 Å². The summed E-state index contributed by atoms with van der Waals surface area (Å²) < 4.78 is 47.9. The molecule has 1 aliphatic heterocycles. The van der Waals surface area contributed by atoms with Crippen molar-refractivity contribution >= 4 is 32.6 Å². The largest absolute Gasteiger partial charge is 0.419 e. The molecule has 35 heavy (non-hydrogen) atoms. The van der Waals surface area contributed by atoms with Gasteiger partial charge in [0.05, 0.1) is 10.4 Å². The van der Waals surface area contributed by atoms with Crippen molar-refractivity contribution in [3.8, 4) is 0 Å². The number of aryl methyl sites for hydroxylation is 1. The number of fused-ring (bicyclic) bond motifs is 1. The van der Waals surface area contributed by atoms with Crippen LogP contribution in [-0.2, 0) is 23.6 Å². The predicted molar refractivity (Wildman–Crippen MR) is 131 cm³/mol. The van der Waals surface area contributed by atoms with Gasteiger partial charge in [-0.05, 0) is 54.1 Å². The van der Waals surface area contributed by atoms with Crippen molar-refractivity contribution < 1.29 is 17.2 Å². The summed E-state index contributed by atoms with van der Waals surface area (Å²) in [5.41, 5.74) is 2.49. The molecule has 9 nitrogen and oxygen atoms in total. The van der Waals surface area contributed by atoms with Gasteiger partial charge in [0, 0.05) is 57.7 Å². The van der Waals surface area contributed by atoms with Crippen molar-refractivity contribution in [2.24, 2.45) is 7.05 Å². The zero-order valence-electron chi connectivity index (χ0n) is 19.0. The summed E-state index contributed by atoms with van der Waals surface area (Å²) in [6.07, 6.45) is 1.66. The molecule has 2 aromatic heterocycles. The van der Waals surface area contributed by atoms with Gasteiger partial charge < -0.3 is 14.2 Å². The van der Waals surface area contributed by atoms with Crippen LogP contribution in [0, 0.1) is 5.82 Å². The fourth-order valence-electron chi connectivity index (χ4n) is 4.13. The number of aromatic nitrogens is 2. The van der Waals surface area contributed by atoms with Crippen LogP contribution < -0.4 is 20.3 Å². The highest BCUT2D eigenvalue weighted by Crippen LogP contribution is 2.21. The van der Waals surface area contributed by atoms with E-state index < -0.39 is 15.8 Å². The minimum absolute atomic E-state index is 0.0190. The summed E-state index contributed by atoms with van der Waals surface area (Å²) in [5.74, 6) is -0.0329. The lowest BCUT2D eigenvalue weighted by atomic mass is 10.2. The van der Waals surface area contributed by atoms with Crippen molar-refractivity contribution in [3.63, 3.8) is 0 Å². The van der Waals surface area contributed by atoms with Crippen LogP contribution in [0.25, 0.3) is 11.1 Å². The SMILES string of the molecule is Cn1c(=O)oc2cc(S(=O)(=O)NCc3ccnc(N4CCN(c5ccc(F)cc5)CC4)c3)ccc21. The number of nitrogens with one attached hydrogen (secondary N) is 1. The third-order valence-corrected chi connectivity index (χ3v) is 7.54. The molecule has 182 valence electrons. The molecule has 0 bridgehead atoms. The van der Waals surface area contributed by atoms with E-state index in [1.54, 1.807) is 37.5 Å². The average Bonchev–Trinajstić information content (AvgIpc) is 3.16. The van der Waals surface area contributed by atoms with Crippen molar-refractivity contribution in [1.29, 1.82) is 0 Å². The van der Waals surface area contributed by atoms with Crippen molar-refractivity contribution in [2.45, 2.75) is 11.4 Å². The second kappa shape index (κ2) is 9.16. The lowest BCUT2D eigenvalue weighted by molar-refractivity contribution is 0.527. The van der Waals surface area contributed by atoms with Gasteiger partial charge in [0.2, 0.25) is 10.0 Å². The van der Waals surface area contributed by atoms with Crippen molar-refractivity contribution in [1.82, 2.24) is 14.3 Å². The molecular weight excluding hydrogens is 473 g/mol. The molecule has 5 rings (SSSR count). The molecule has 3 heterocycles. The first-order valence-corrected chi connectivity index (χ1v) is 12.6. The van der Waals surface area contributed by atoms with E-state index in [0.717, 1.165) is 43.2 Å². The number of rotatable bonds is 6. The summed E-state index contributed by atoms with van der Waals surface area (Å²) in [7, 11) is -2.26. The number of hydrogen-bond donors (Lipinski definition) is 1. The maximum Gasteiger partial charge on any atom is 0.419 e. The second-order valence-corrected chi connectivity index (χ2v) is 10.1. The zero-order chi connectivity index (χ0) is 24.6. The molecule has 0 saturated carbocycles. The van der Waals surface area contributed by atoms with Gasteiger partial charge in [0.15, 0.2) is 5.58 Å². The molecule has 1 aliphatic rings. The topological polar surface area (TPSA) is 101 Å². The molecule has 1 N–H and O–H groups in total. The van der Waals surface area contributed by atoms with Gasteiger partial charge in [0.1, 0.15) is 11.6 Å². The van der Waals surface area contributed by atoms with E-state index in [1.165, 1.54) is 28.8 Å². The van der Waals surface area contributed by atoms with Gasteiger partial charge >= 0.3 is 5.76 Å². The number of nitrogens with zero attached hydrogens (tertiary/aromatic N) is 4. The summed E-state index contributed by atoms with van der Waals surface area (Å²) in [6.45, 7) is 3.10. The van der Waals surface area contributed by atoms with E-state index in [-0.39, 0.29) is 22.8 Å². The number of sulfonamides is 1. The summed E-state index contributed by atoms with van der Waals surface area (Å²) in [6, 6.07) is 14.4. The molecule has 0 atom stereocenters. The molecule has 0 aliphatic carbocycles. The first-order chi connectivity index (χ1) is 16.8. The highest BCUT2D eigenvalue weighted by atomic mass is 32.2. The molecule has 0 unspecified atom stereocenters. The monoisotopic (exact) mass is 497 g/mol. The van der Waals surface area contributed by atoms with E-state index in [2.05, 4.69) is 19.5 Å². The number of oxazole rings is 1. The van der Waals surface area contributed by atoms with Crippen LogP contribution in [0.3, 0.4) is 0 Å². The summed E-state index contributed by atoms with van der Waals surface area (Å²) in [4.78, 5) is 20.5. The Kier molecular flexibility index (Phi) is 6.03. The lowest BCUT2D eigenvalue weighted by Gasteiger charge is -2.36. The van der Waals surface area contributed by atoms with Crippen LogP contribution in [-0.4, -0.2) is 44.1 Å². The molecule has 1 fully saturated rings. The number of pyridine rings is 1. The average molecular weight is 498 g/mol. The number of hydrogen-bond acceptors (Lipinski definition) is 7. The highest BCUT2D eigenvalue weighted by Gasteiger charge is 2.20. The molecule has 0 amide bonds. The Morgan fingerprint density at radius 1 is 1.00 bits per heavy atom. The maximum atomic E-state index is 13.2. The normalized spacial score (nSPS) is 14.6. The van der Waals surface area contributed by atoms with Crippen LogP contribution in [0.5, 0.6) is 0 Å². The molecule has 0 spiro atoms. The van der Waals surface area contributed by atoms with Crippen molar-refractivity contribution in [2.75, 3.05) is 36.0 Å². The van der Waals surface area contributed by atoms with Gasteiger partial charge in [-0.3, -0.25) is 4.57 Å². The zero-order valence-corrected chi connectivity index (χ0v) is 19.8. The van der Waals surface area contributed by atoms with Gasteiger partial charge in [-0.1, -0.05) is 0 Å². The second-order valence-electron chi connectivity index (χ2n) is 8.35. The standard InChI is InChI=1S/C24H24FN5O4S/c1-28-21-7-6-20(15-22(21)34-24(28)31)35(32,33)27-16-17-8-9-26-23(14-17)30-12-10-29(11-13-30)19-4-2-18(25)3-5-19/h2-9,14-15,27H,10-13,16H2,1H3. The number of halogens is 1. The van der Waals surface area contributed by atoms with Crippen LogP contribution >= 0.6 is 0 Å². The fourth-order valence-corrected chi connectivity index (χ4v) is 5.16. The lowest BCUT2D eigenvalue weighted by Crippen LogP contribution is -2.46. The van der Waals surface area contributed by atoms with E-state index in [0.29, 0.717) is 5.52 Å². The maximum absolute atomic E-state index is 13.2. The van der Waals surface area contributed by atoms with Gasteiger partial charge in [-0.25, -0.2) is 27.3 Å². The molecule has 1 saturated heterocycles.